The van der Waals surface area contributed by atoms with Gasteiger partial charge in [0.1, 0.15) is 5.76 Å². The van der Waals surface area contributed by atoms with Gasteiger partial charge in [-0.05, 0) is 71.6 Å². The maximum atomic E-state index is 13.4. The second-order valence-electron chi connectivity index (χ2n) is 8.20. The van der Waals surface area contributed by atoms with Crippen LogP contribution < -0.4 is 0 Å². The molecule has 1 fully saturated rings. The highest BCUT2D eigenvalue weighted by molar-refractivity contribution is 6.30. The number of benzene rings is 2. The van der Waals surface area contributed by atoms with Gasteiger partial charge in [0, 0.05) is 16.9 Å². The average Bonchev–Trinajstić information content (AvgIpc) is 3.01. The lowest BCUT2D eigenvalue weighted by Gasteiger charge is -2.40. The van der Waals surface area contributed by atoms with Crippen LogP contribution in [-0.4, -0.2) is 10.9 Å². The normalized spacial score (nSPS) is 28.1. The number of Topliss-reactive ketones (excluding diaryl/α,β-unsaturated/α-hetero) is 1. The van der Waals surface area contributed by atoms with Gasteiger partial charge in [-0.1, -0.05) is 54.9 Å². The smallest absolute Gasteiger partial charge is 0.171 e. The van der Waals surface area contributed by atoms with E-state index in [-0.39, 0.29) is 23.5 Å². The van der Waals surface area contributed by atoms with Crippen molar-refractivity contribution in [1.29, 1.82) is 0 Å². The molecule has 0 amide bonds. The van der Waals surface area contributed by atoms with E-state index in [1.165, 1.54) is 0 Å². The van der Waals surface area contributed by atoms with Crippen molar-refractivity contribution in [3.8, 4) is 11.1 Å². The maximum absolute atomic E-state index is 13.4. The number of rotatable bonds is 3. The molecule has 0 aliphatic heterocycles. The van der Waals surface area contributed by atoms with Gasteiger partial charge in [-0.3, -0.25) is 4.79 Å². The number of aliphatic hydroxyl groups is 1. The maximum Gasteiger partial charge on any atom is 0.171 e. The topological polar surface area (TPSA) is 37.3 Å². The molecule has 2 nitrogen and oxygen atoms in total. The minimum Gasteiger partial charge on any atom is -0.511 e. The van der Waals surface area contributed by atoms with Crippen molar-refractivity contribution in [3.05, 3.63) is 76.5 Å². The lowest BCUT2D eigenvalue weighted by atomic mass is 9.63. The van der Waals surface area contributed by atoms with E-state index in [2.05, 4.69) is 37.3 Å². The third-order valence-electron chi connectivity index (χ3n) is 6.81. The first-order valence-electron chi connectivity index (χ1n) is 10.1. The fraction of sp³-hybridized carbons (Fsp3) is 0.320. The SMILES string of the molecule is CCc1ccc(-c2ccc(Cl)cc2)cc1C1=C(O)[C@@H]2[C@H](C1=O)[C@@H]1C=C[C@H]2CC1. The van der Waals surface area contributed by atoms with Gasteiger partial charge in [-0.2, -0.15) is 0 Å². The van der Waals surface area contributed by atoms with E-state index in [4.69, 9.17) is 11.6 Å². The molecule has 1 saturated carbocycles. The van der Waals surface area contributed by atoms with E-state index in [0.29, 0.717) is 22.3 Å². The van der Waals surface area contributed by atoms with Gasteiger partial charge in [0.15, 0.2) is 5.78 Å². The molecular weight excluding hydrogens is 368 g/mol. The number of halogens is 1. The Morgan fingerprint density at radius 2 is 1.61 bits per heavy atom. The second-order valence-corrected chi connectivity index (χ2v) is 8.63. The van der Waals surface area contributed by atoms with Gasteiger partial charge < -0.3 is 5.11 Å². The molecule has 2 bridgehead atoms. The van der Waals surface area contributed by atoms with Gasteiger partial charge in [-0.25, -0.2) is 0 Å². The molecule has 6 rings (SSSR count). The zero-order valence-electron chi connectivity index (χ0n) is 15.9. The summed E-state index contributed by atoms with van der Waals surface area (Å²) in [6.45, 7) is 2.09. The molecule has 2 aromatic carbocycles. The Bertz CT molecular complexity index is 1020. The average molecular weight is 391 g/mol. The molecule has 142 valence electrons. The van der Waals surface area contributed by atoms with Crippen LogP contribution in [0.2, 0.25) is 5.02 Å². The standard InChI is InChI=1S/C25H23ClO2/c1-2-14-3-8-18(15-9-11-19(26)12-10-15)13-20(14)23-24(27)21-16-4-5-17(7-6-16)22(21)25(23)28/h3-5,8-13,16-17,21-22,27H,2,6-7H2,1H3/t16-,17+,21-,22+/m0/s1. The van der Waals surface area contributed by atoms with Crippen LogP contribution in [0, 0.1) is 23.7 Å². The summed E-state index contributed by atoms with van der Waals surface area (Å²) in [6.07, 6.45) is 7.36. The quantitative estimate of drug-likeness (QED) is 0.629. The van der Waals surface area contributed by atoms with Gasteiger partial charge in [0.2, 0.25) is 0 Å². The van der Waals surface area contributed by atoms with Crippen LogP contribution in [0.4, 0.5) is 0 Å². The Labute approximate surface area is 170 Å². The lowest BCUT2D eigenvalue weighted by molar-refractivity contribution is -0.120. The van der Waals surface area contributed by atoms with Crippen molar-refractivity contribution in [2.24, 2.45) is 23.7 Å². The minimum atomic E-state index is -0.0809. The molecule has 2 aromatic rings. The van der Waals surface area contributed by atoms with Crippen LogP contribution >= 0.6 is 11.6 Å². The summed E-state index contributed by atoms with van der Waals surface area (Å²) >= 11 is 6.03. The molecule has 0 aromatic heterocycles. The number of aryl methyl sites for hydroxylation is 1. The highest BCUT2D eigenvalue weighted by Crippen LogP contribution is 2.54. The Morgan fingerprint density at radius 1 is 0.964 bits per heavy atom. The van der Waals surface area contributed by atoms with Crippen LogP contribution in [0.5, 0.6) is 0 Å². The molecule has 1 N–H and O–H groups in total. The van der Waals surface area contributed by atoms with Gasteiger partial charge >= 0.3 is 0 Å². The summed E-state index contributed by atoms with van der Waals surface area (Å²) in [5, 5.41) is 11.9. The van der Waals surface area contributed by atoms with Crippen molar-refractivity contribution in [2.45, 2.75) is 26.2 Å². The van der Waals surface area contributed by atoms with E-state index < -0.39 is 0 Å². The number of carbonyl (C=O) groups excluding carboxylic acids is 1. The van der Waals surface area contributed by atoms with Crippen LogP contribution in [-0.2, 0) is 11.2 Å². The van der Waals surface area contributed by atoms with Crippen LogP contribution in [0.15, 0.2) is 60.4 Å². The second kappa shape index (κ2) is 6.63. The number of carbonyl (C=O) groups is 1. The lowest BCUT2D eigenvalue weighted by Crippen LogP contribution is -2.38. The Balaban J connectivity index is 1.63. The summed E-state index contributed by atoms with van der Waals surface area (Å²) < 4.78 is 0. The van der Waals surface area contributed by atoms with Crippen LogP contribution in [0.1, 0.15) is 30.9 Å². The van der Waals surface area contributed by atoms with Crippen LogP contribution in [0.25, 0.3) is 16.7 Å². The molecule has 4 aliphatic carbocycles. The van der Waals surface area contributed by atoms with Crippen molar-refractivity contribution >= 4 is 23.0 Å². The van der Waals surface area contributed by atoms with E-state index in [0.717, 1.165) is 41.5 Å². The first-order chi connectivity index (χ1) is 13.6. The van der Waals surface area contributed by atoms with Gasteiger partial charge in [-0.15, -0.1) is 0 Å². The van der Waals surface area contributed by atoms with Gasteiger partial charge in [0.25, 0.3) is 0 Å². The van der Waals surface area contributed by atoms with Crippen LogP contribution in [0.3, 0.4) is 0 Å². The van der Waals surface area contributed by atoms with Crippen molar-refractivity contribution in [1.82, 2.24) is 0 Å². The Morgan fingerprint density at radius 3 is 2.21 bits per heavy atom. The number of aliphatic hydroxyl groups excluding tert-OH is 1. The molecule has 4 atom stereocenters. The van der Waals surface area contributed by atoms with E-state index >= 15 is 0 Å². The molecular formula is C25H23ClO2. The number of hydrogen-bond acceptors (Lipinski definition) is 2. The minimum absolute atomic E-state index is 0.0323. The first kappa shape index (κ1) is 17.8. The van der Waals surface area contributed by atoms with Crippen molar-refractivity contribution < 1.29 is 9.90 Å². The number of allylic oxidation sites excluding steroid dienone is 4. The summed E-state index contributed by atoms with van der Waals surface area (Å²) in [7, 11) is 0. The highest BCUT2D eigenvalue weighted by Gasteiger charge is 2.52. The third-order valence-corrected chi connectivity index (χ3v) is 7.06. The summed E-state index contributed by atoms with van der Waals surface area (Å²) in [5.41, 5.74) is 4.65. The fourth-order valence-electron chi connectivity index (χ4n) is 5.39. The van der Waals surface area contributed by atoms with E-state index in [9.17, 15) is 9.90 Å². The number of ketones is 1. The predicted molar refractivity (Wildman–Crippen MR) is 113 cm³/mol. The Hall–Kier alpha value is -2.32. The molecule has 0 radical (unpaired) electrons. The summed E-state index contributed by atoms with van der Waals surface area (Å²) in [6, 6.07) is 14.0. The molecule has 0 saturated heterocycles. The summed E-state index contributed by atoms with van der Waals surface area (Å²) in [4.78, 5) is 13.4. The summed E-state index contributed by atoms with van der Waals surface area (Å²) in [5.74, 6) is 0.895. The first-order valence-corrected chi connectivity index (χ1v) is 10.5. The monoisotopic (exact) mass is 390 g/mol. The van der Waals surface area contributed by atoms with Crippen molar-refractivity contribution in [2.75, 3.05) is 0 Å². The Kier molecular flexibility index (Phi) is 4.21. The predicted octanol–water partition coefficient (Wildman–Crippen LogP) is 6.25. The molecule has 0 spiro atoms. The molecule has 4 aliphatic rings. The number of hydrogen-bond donors (Lipinski definition) is 1. The zero-order valence-corrected chi connectivity index (χ0v) is 16.6. The largest absolute Gasteiger partial charge is 0.511 e. The van der Waals surface area contributed by atoms with E-state index in [1.54, 1.807) is 0 Å². The third kappa shape index (κ3) is 2.58. The number of fused-ring (bicyclic) bond motifs is 1. The molecule has 0 unspecified atom stereocenters. The zero-order chi connectivity index (χ0) is 19.4. The molecule has 3 heteroatoms. The van der Waals surface area contributed by atoms with Gasteiger partial charge in [0.05, 0.1) is 5.57 Å². The molecule has 28 heavy (non-hydrogen) atoms. The highest BCUT2D eigenvalue weighted by atomic mass is 35.5. The van der Waals surface area contributed by atoms with Crippen molar-refractivity contribution in [3.63, 3.8) is 0 Å². The fourth-order valence-corrected chi connectivity index (χ4v) is 5.52. The van der Waals surface area contributed by atoms with E-state index in [1.807, 2.05) is 24.3 Å². The molecule has 0 heterocycles.